The molecule has 1 aromatic carbocycles. The van der Waals surface area contributed by atoms with E-state index in [1.54, 1.807) is 0 Å². The van der Waals surface area contributed by atoms with Crippen LogP contribution < -0.4 is 15.0 Å². The molecule has 144 valence electrons. The number of rotatable bonds is 6. The normalized spacial score (nSPS) is 16.3. The first kappa shape index (κ1) is 20.3. The highest BCUT2D eigenvalue weighted by Gasteiger charge is 2.37. The van der Waals surface area contributed by atoms with Crippen LogP contribution >= 0.6 is 0 Å². The minimum Gasteiger partial charge on any atom is -0.490 e. The van der Waals surface area contributed by atoms with E-state index in [0.717, 1.165) is 12.1 Å². The molecule has 1 aliphatic rings. The number of carbonyl (C=O) groups excluding carboxylic acids is 2. The van der Waals surface area contributed by atoms with Gasteiger partial charge in [0.2, 0.25) is 11.8 Å². The summed E-state index contributed by atoms with van der Waals surface area (Å²) < 4.78 is 5.92. The Labute approximate surface area is 157 Å². The Balaban J connectivity index is 2.33. The molecule has 0 saturated heterocycles. The molecule has 5 nitrogen and oxygen atoms in total. The first-order valence-electron chi connectivity index (χ1n) is 9.49. The van der Waals surface area contributed by atoms with E-state index in [4.69, 9.17) is 4.74 Å². The molecule has 0 aliphatic carbocycles. The largest absolute Gasteiger partial charge is 0.490 e. The average molecular weight is 360 g/mol. The smallest absolute Gasteiger partial charge is 0.236 e. The van der Waals surface area contributed by atoms with Gasteiger partial charge in [0.1, 0.15) is 12.4 Å². The Morgan fingerprint density at radius 2 is 1.92 bits per heavy atom. The molecular formula is C21H32N2O3. The highest BCUT2D eigenvalue weighted by molar-refractivity contribution is 6.00. The van der Waals surface area contributed by atoms with Crippen molar-refractivity contribution in [2.75, 3.05) is 23.4 Å². The summed E-state index contributed by atoms with van der Waals surface area (Å²) in [6.45, 7) is 13.1. The maximum atomic E-state index is 13.1. The van der Waals surface area contributed by atoms with Crippen molar-refractivity contribution in [1.29, 1.82) is 0 Å². The maximum Gasteiger partial charge on any atom is 0.236 e. The summed E-state index contributed by atoms with van der Waals surface area (Å²) >= 11 is 0. The van der Waals surface area contributed by atoms with Gasteiger partial charge in [-0.25, -0.2) is 0 Å². The van der Waals surface area contributed by atoms with Gasteiger partial charge < -0.3 is 15.0 Å². The van der Waals surface area contributed by atoms with E-state index in [0.29, 0.717) is 42.8 Å². The fourth-order valence-corrected chi connectivity index (χ4v) is 2.91. The Morgan fingerprint density at radius 3 is 2.54 bits per heavy atom. The van der Waals surface area contributed by atoms with Crippen molar-refractivity contribution in [1.82, 2.24) is 0 Å². The molecule has 0 fully saturated rings. The van der Waals surface area contributed by atoms with Crippen molar-refractivity contribution in [3.8, 4) is 5.75 Å². The third kappa shape index (κ3) is 4.99. The van der Waals surface area contributed by atoms with Gasteiger partial charge in [0.25, 0.3) is 0 Å². The van der Waals surface area contributed by atoms with Crippen LogP contribution in [0.25, 0.3) is 0 Å². The summed E-state index contributed by atoms with van der Waals surface area (Å²) in [6, 6.07) is 5.53. The van der Waals surface area contributed by atoms with Crippen LogP contribution in [0.2, 0.25) is 0 Å². The molecule has 1 aromatic rings. The standard InChI is InChI=1S/C21H32N2O3/c1-14(2)9-10-23-17-12-16(22-19(24)11-15(3)4)7-8-18(17)26-13-21(5,6)20(23)25/h7-8,12,14-15H,9-11,13H2,1-6H3,(H,22,24). The van der Waals surface area contributed by atoms with Crippen LogP contribution in [0, 0.1) is 17.3 Å². The molecule has 0 bridgehead atoms. The second-order valence-corrected chi connectivity index (χ2v) is 8.64. The Kier molecular flexibility index (Phi) is 6.32. The van der Waals surface area contributed by atoms with Crippen molar-refractivity contribution < 1.29 is 14.3 Å². The number of amides is 2. The SMILES string of the molecule is CC(C)CCN1C(=O)C(C)(C)COc2ccc(NC(=O)CC(C)C)cc21. The molecule has 5 heteroatoms. The molecule has 1 heterocycles. The van der Waals surface area contributed by atoms with E-state index < -0.39 is 5.41 Å². The molecule has 0 spiro atoms. The highest BCUT2D eigenvalue weighted by atomic mass is 16.5. The molecule has 0 unspecified atom stereocenters. The van der Waals surface area contributed by atoms with Gasteiger partial charge in [0.05, 0.1) is 11.1 Å². The van der Waals surface area contributed by atoms with E-state index >= 15 is 0 Å². The summed E-state index contributed by atoms with van der Waals surface area (Å²) in [5.41, 5.74) is 0.848. The predicted octanol–water partition coefficient (Wildman–Crippen LogP) is 4.47. The number of hydrogen-bond donors (Lipinski definition) is 1. The van der Waals surface area contributed by atoms with Gasteiger partial charge >= 0.3 is 0 Å². The minimum absolute atomic E-state index is 0.0186. The van der Waals surface area contributed by atoms with Crippen molar-refractivity contribution >= 4 is 23.2 Å². The second kappa shape index (κ2) is 8.11. The quantitative estimate of drug-likeness (QED) is 0.814. The molecule has 26 heavy (non-hydrogen) atoms. The van der Waals surface area contributed by atoms with Crippen LogP contribution in [0.5, 0.6) is 5.75 Å². The lowest BCUT2D eigenvalue weighted by Crippen LogP contribution is -2.42. The predicted molar refractivity (Wildman–Crippen MR) is 106 cm³/mol. The lowest BCUT2D eigenvalue weighted by Gasteiger charge is -2.28. The van der Waals surface area contributed by atoms with E-state index in [-0.39, 0.29) is 11.8 Å². The zero-order chi connectivity index (χ0) is 19.5. The Hall–Kier alpha value is -2.04. The van der Waals surface area contributed by atoms with Crippen LogP contribution in [0.4, 0.5) is 11.4 Å². The van der Waals surface area contributed by atoms with Gasteiger partial charge in [-0.2, -0.15) is 0 Å². The van der Waals surface area contributed by atoms with Crippen LogP contribution in [0.1, 0.15) is 54.4 Å². The summed E-state index contributed by atoms with van der Waals surface area (Å²) in [4.78, 5) is 27.0. The van der Waals surface area contributed by atoms with Crippen molar-refractivity contribution in [3.05, 3.63) is 18.2 Å². The third-order valence-electron chi connectivity index (χ3n) is 4.47. The molecule has 2 rings (SSSR count). The number of carbonyl (C=O) groups is 2. The fraction of sp³-hybridized carbons (Fsp3) is 0.619. The Bertz CT molecular complexity index is 665. The van der Waals surface area contributed by atoms with E-state index in [1.165, 1.54) is 0 Å². The summed E-state index contributed by atoms with van der Waals surface area (Å²) in [6.07, 6.45) is 1.38. The van der Waals surface area contributed by atoms with Gasteiger partial charge in [0, 0.05) is 18.7 Å². The van der Waals surface area contributed by atoms with Crippen LogP contribution in [0.3, 0.4) is 0 Å². The number of benzene rings is 1. The molecule has 0 radical (unpaired) electrons. The Morgan fingerprint density at radius 1 is 1.23 bits per heavy atom. The van der Waals surface area contributed by atoms with Crippen molar-refractivity contribution in [3.63, 3.8) is 0 Å². The highest BCUT2D eigenvalue weighted by Crippen LogP contribution is 2.38. The minimum atomic E-state index is -0.586. The first-order valence-corrected chi connectivity index (χ1v) is 9.49. The third-order valence-corrected chi connectivity index (χ3v) is 4.47. The zero-order valence-corrected chi connectivity index (χ0v) is 16.9. The zero-order valence-electron chi connectivity index (χ0n) is 16.9. The van der Waals surface area contributed by atoms with E-state index in [2.05, 4.69) is 19.2 Å². The summed E-state index contributed by atoms with van der Waals surface area (Å²) in [5, 5.41) is 2.93. The number of nitrogens with one attached hydrogen (secondary N) is 1. The van der Waals surface area contributed by atoms with Crippen LogP contribution in [-0.2, 0) is 9.59 Å². The lowest BCUT2D eigenvalue weighted by molar-refractivity contribution is -0.127. The molecular weight excluding hydrogens is 328 g/mol. The molecule has 1 N–H and O–H groups in total. The van der Waals surface area contributed by atoms with Gasteiger partial charge in [0.15, 0.2) is 0 Å². The number of fused-ring (bicyclic) bond motifs is 1. The molecule has 1 aliphatic heterocycles. The van der Waals surface area contributed by atoms with Gasteiger partial charge in [-0.1, -0.05) is 27.7 Å². The number of ether oxygens (including phenoxy) is 1. The maximum absolute atomic E-state index is 13.1. The van der Waals surface area contributed by atoms with Gasteiger partial charge in [-0.15, -0.1) is 0 Å². The van der Waals surface area contributed by atoms with Gasteiger partial charge in [-0.3, -0.25) is 9.59 Å². The molecule has 0 aromatic heterocycles. The van der Waals surface area contributed by atoms with Crippen molar-refractivity contribution in [2.24, 2.45) is 17.3 Å². The number of nitrogens with zero attached hydrogens (tertiary/aromatic N) is 1. The lowest BCUT2D eigenvalue weighted by atomic mass is 9.92. The second-order valence-electron chi connectivity index (χ2n) is 8.64. The van der Waals surface area contributed by atoms with Crippen LogP contribution in [-0.4, -0.2) is 25.0 Å². The fourth-order valence-electron chi connectivity index (χ4n) is 2.91. The van der Waals surface area contributed by atoms with E-state index in [9.17, 15) is 9.59 Å². The topological polar surface area (TPSA) is 58.6 Å². The first-order chi connectivity index (χ1) is 12.1. The summed E-state index contributed by atoms with van der Waals surface area (Å²) in [5.74, 6) is 1.52. The van der Waals surface area contributed by atoms with E-state index in [1.807, 2.05) is 50.8 Å². The number of hydrogen-bond acceptors (Lipinski definition) is 3. The van der Waals surface area contributed by atoms with Gasteiger partial charge in [-0.05, 0) is 50.3 Å². The summed E-state index contributed by atoms with van der Waals surface area (Å²) in [7, 11) is 0. The molecule has 0 saturated carbocycles. The van der Waals surface area contributed by atoms with Crippen molar-refractivity contribution in [2.45, 2.75) is 54.4 Å². The monoisotopic (exact) mass is 360 g/mol. The average Bonchev–Trinajstić information content (AvgIpc) is 2.61. The molecule has 0 atom stereocenters. The van der Waals surface area contributed by atoms with Crippen LogP contribution in [0.15, 0.2) is 18.2 Å². The number of anilines is 2. The molecule has 2 amide bonds.